The minimum Gasteiger partial charge on any atom is -0.321 e. The van der Waals surface area contributed by atoms with Gasteiger partial charge in [0.1, 0.15) is 11.6 Å². The summed E-state index contributed by atoms with van der Waals surface area (Å²) in [7, 11) is 1.87. The maximum absolute atomic E-state index is 13.6. The second kappa shape index (κ2) is 4.90. The molecule has 3 rings (SSSR count). The number of alkyl halides is 1. The molecule has 4 nitrogen and oxygen atoms in total. The molecule has 2 heterocycles. The summed E-state index contributed by atoms with van der Waals surface area (Å²) in [6, 6.07) is 5.20. The van der Waals surface area contributed by atoms with Crippen LogP contribution in [-0.4, -0.2) is 19.3 Å². The molecule has 0 saturated heterocycles. The van der Waals surface area contributed by atoms with Crippen LogP contribution in [0.3, 0.4) is 0 Å². The van der Waals surface area contributed by atoms with Crippen LogP contribution in [0, 0.1) is 12.7 Å². The van der Waals surface area contributed by atoms with Gasteiger partial charge in [0.05, 0.1) is 29.2 Å². The van der Waals surface area contributed by atoms with Crippen molar-refractivity contribution >= 4 is 22.6 Å². The van der Waals surface area contributed by atoms with Crippen LogP contribution in [0.5, 0.6) is 0 Å². The number of hydrogen-bond acceptors (Lipinski definition) is 2. The number of rotatable bonds is 3. The smallest absolute Gasteiger partial charge is 0.128 e. The maximum atomic E-state index is 13.6. The molecule has 1 aromatic carbocycles. The highest BCUT2D eigenvalue weighted by atomic mass is 35.5. The molecule has 3 aromatic rings. The predicted octanol–water partition coefficient (Wildman–Crippen LogP) is 3.00. The highest BCUT2D eigenvalue weighted by molar-refractivity contribution is 6.16. The second-order valence-electron chi connectivity index (χ2n) is 4.82. The van der Waals surface area contributed by atoms with Crippen LogP contribution in [0.2, 0.25) is 0 Å². The van der Waals surface area contributed by atoms with Gasteiger partial charge in [0.2, 0.25) is 0 Å². The SMILES string of the molecule is Cc1cc2c(cc1F)nc(CCl)n2Cc1ccn(C)n1. The van der Waals surface area contributed by atoms with Gasteiger partial charge in [0, 0.05) is 19.3 Å². The van der Waals surface area contributed by atoms with Gasteiger partial charge in [-0.05, 0) is 24.6 Å². The van der Waals surface area contributed by atoms with Crippen molar-refractivity contribution in [3.63, 3.8) is 0 Å². The lowest BCUT2D eigenvalue weighted by molar-refractivity contribution is 0.620. The molecule has 0 aliphatic heterocycles. The van der Waals surface area contributed by atoms with Crippen molar-refractivity contribution in [1.29, 1.82) is 0 Å². The first-order valence-corrected chi connectivity index (χ1v) is 6.81. The van der Waals surface area contributed by atoms with Crippen LogP contribution in [0.25, 0.3) is 11.0 Å². The van der Waals surface area contributed by atoms with Gasteiger partial charge in [0.25, 0.3) is 0 Å². The third kappa shape index (κ3) is 2.18. The Hall–Kier alpha value is -1.88. The van der Waals surface area contributed by atoms with E-state index in [0.717, 1.165) is 17.0 Å². The molecule has 104 valence electrons. The zero-order valence-electron chi connectivity index (χ0n) is 11.3. The molecule has 0 amide bonds. The number of imidazole rings is 1. The number of hydrogen-bond donors (Lipinski definition) is 0. The second-order valence-corrected chi connectivity index (χ2v) is 5.09. The monoisotopic (exact) mass is 292 g/mol. The van der Waals surface area contributed by atoms with E-state index in [2.05, 4.69) is 10.1 Å². The van der Waals surface area contributed by atoms with Gasteiger partial charge in [-0.3, -0.25) is 4.68 Å². The van der Waals surface area contributed by atoms with Crippen molar-refractivity contribution in [1.82, 2.24) is 19.3 Å². The van der Waals surface area contributed by atoms with Crippen molar-refractivity contribution in [3.05, 3.63) is 47.3 Å². The lowest BCUT2D eigenvalue weighted by atomic mass is 10.2. The number of benzene rings is 1. The van der Waals surface area contributed by atoms with Crippen LogP contribution in [-0.2, 0) is 19.5 Å². The first-order chi connectivity index (χ1) is 9.58. The Kier molecular flexibility index (Phi) is 3.22. The third-order valence-corrected chi connectivity index (χ3v) is 3.56. The van der Waals surface area contributed by atoms with E-state index in [1.165, 1.54) is 6.07 Å². The van der Waals surface area contributed by atoms with Crippen LogP contribution in [0.1, 0.15) is 17.1 Å². The molecule has 0 aliphatic rings. The molecule has 0 spiro atoms. The van der Waals surface area contributed by atoms with Crippen molar-refractivity contribution in [2.24, 2.45) is 7.05 Å². The van der Waals surface area contributed by atoms with Gasteiger partial charge >= 0.3 is 0 Å². The van der Waals surface area contributed by atoms with Gasteiger partial charge in [0.15, 0.2) is 0 Å². The fraction of sp³-hybridized carbons (Fsp3) is 0.286. The Morgan fingerprint density at radius 2 is 2.15 bits per heavy atom. The van der Waals surface area contributed by atoms with E-state index in [1.54, 1.807) is 17.7 Å². The van der Waals surface area contributed by atoms with Crippen molar-refractivity contribution in [2.45, 2.75) is 19.3 Å². The number of aryl methyl sites for hydroxylation is 2. The Balaban J connectivity index is 2.14. The largest absolute Gasteiger partial charge is 0.321 e. The summed E-state index contributed by atoms with van der Waals surface area (Å²) in [4.78, 5) is 4.39. The Labute approximate surface area is 120 Å². The van der Waals surface area contributed by atoms with Crippen molar-refractivity contribution in [2.75, 3.05) is 0 Å². The predicted molar refractivity (Wildman–Crippen MR) is 76.3 cm³/mol. The molecule has 0 atom stereocenters. The van der Waals surface area contributed by atoms with Crippen molar-refractivity contribution in [3.8, 4) is 0 Å². The van der Waals surface area contributed by atoms with Gasteiger partial charge < -0.3 is 4.57 Å². The molecule has 20 heavy (non-hydrogen) atoms. The van der Waals surface area contributed by atoms with E-state index in [-0.39, 0.29) is 11.7 Å². The molecule has 0 fully saturated rings. The molecule has 6 heteroatoms. The van der Waals surface area contributed by atoms with E-state index in [1.807, 2.05) is 23.9 Å². The number of aromatic nitrogens is 4. The van der Waals surface area contributed by atoms with Crippen LogP contribution in [0.4, 0.5) is 4.39 Å². The average molecular weight is 293 g/mol. The summed E-state index contributed by atoms with van der Waals surface area (Å²) in [5.74, 6) is 0.751. The Morgan fingerprint density at radius 3 is 2.80 bits per heavy atom. The van der Waals surface area contributed by atoms with Gasteiger partial charge in [-0.15, -0.1) is 11.6 Å². The van der Waals surface area contributed by atoms with Crippen molar-refractivity contribution < 1.29 is 4.39 Å². The first-order valence-electron chi connectivity index (χ1n) is 6.28. The first kappa shape index (κ1) is 13.1. The molecule has 2 aromatic heterocycles. The zero-order valence-corrected chi connectivity index (χ0v) is 12.0. The minimum atomic E-state index is -0.249. The lowest BCUT2D eigenvalue weighted by Gasteiger charge is -2.06. The molecule has 0 N–H and O–H groups in total. The Bertz CT molecular complexity index is 775. The highest BCUT2D eigenvalue weighted by Gasteiger charge is 2.13. The quantitative estimate of drug-likeness (QED) is 0.696. The fourth-order valence-corrected chi connectivity index (χ4v) is 2.49. The molecule has 0 unspecified atom stereocenters. The number of halogens is 2. The molecule has 0 aliphatic carbocycles. The standard InChI is InChI=1S/C14H14ClFN4/c1-9-5-13-12(6-11(9)16)17-14(7-15)20(13)8-10-3-4-19(2)18-10/h3-6H,7-8H2,1-2H3. The fourth-order valence-electron chi connectivity index (χ4n) is 2.29. The Morgan fingerprint density at radius 1 is 1.35 bits per heavy atom. The minimum absolute atomic E-state index is 0.249. The molecule has 0 radical (unpaired) electrons. The molecular weight excluding hydrogens is 279 g/mol. The van der Waals surface area contributed by atoms with E-state index in [0.29, 0.717) is 17.6 Å². The summed E-state index contributed by atoms with van der Waals surface area (Å²) < 4.78 is 17.4. The average Bonchev–Trinajstić information content (AvgIpc) is 2.96. The van der Waals surface area contributed by atoms with Crippen LogP contribution >= 0.6 is 11.6 Å². The summed E-state index contributed by atoms with van der Waals surface area (Å²) in [6.45, 7) is 2.32. The third-order valence-electron chi connectivity index (χ3n) is 3.32. The molecular formula is C14H14ClFN4. The molecule has 0 bridgehead atoms. The maximum Gasteiger partial charge on any atom is 0.128 e. The summed E-state index contributed by atoms with van der Waals surface area (Å²) in [5.41, 5.74) is 3.02. The summed E-state index contributed by atoms with van der Waals surface area (Å²) in [6.07, 6.45) is 1.89. The van der Waals surface area contributed by atoms with Crippen LogP contribution in [0.15, 0.2) is 24.4 Å². The van der Waals surface area contributed by atoms with Gasteiger partial charge in [-0.1, -0.05) is 0 Å². The van der Waals surface area contributed by atoms with E-state index < -0.39 is 0 Å². The van der Waals surface area contributed by atoms with E-state index in [4.69, 9.17) is 11.6 Å². The van der Waals surface area contributed by atoms with Gasteiger partial charge in [-0.2, -0.15) is 5.10 Å². The number of nitrogens with zero attached hydrogens (tertiary/aromatic N) is 4. The number of fused-ring (bicyclic) bond motifs is 1. The van der Waals surface area contributed by atoms with Gasteiger partial charge in [-0.25, -0.2) is 9.37 Å². The van der Waals surface area contributed by atoms with E-state index >= 15 is 0 Å². The zero-order chi connectivity index (χ0) is 14.3. The normalized spacial score (nSPS) is 11.4. The summed E-state index contributed by atoms with van der Waals surface area (Å²) in [5, 5.41) is 4.36. The highest BCUT2D eigenvalue weighted by Crippen LogP contribution is 2.22. The summed E-state index contributed by atoms with van der Waals surface area (Å²) >= 11 is 5.95. The van der Waals surface area contributed by atoms with Crippen LogP contribution < -0.4 is 0 Å². The molecule has 0 saturated carbocycles. The van der Waals surface area contributed by atoms with E-state index in [9.17, 15) is 4.39 Å². The lowest BCUT2D eigenvalue weighted by Crippen LogP contribution is -2.05. The topological polar surface area (TPSA) is 35.6 Å².